The second-order valence-electron chi connectivity index (χ2n) is 4.27. The molecule has 0 aromatic carbocycles. The molecule has 4 nitrogen and oxygen atoms in total. The highest BCUT2D eigenvalue weighted by Gasteiger charge is 2.14. The van der Waals surface area contributed by atoms with Crippen LogP contribution in [0, 0.1) is 0 Å². The third-order valence-electron chi connectivity index (χ3n) is 3.08. The lowest BCUT2D eigenvalue weighted by Gasteiger charge is -2.25. The summed E-state index contributed by atoms with van der Waals surface area (Å²) < 4.78 is 0. The molecule has 0 radical (unpaired) electrons. The molecule has 1 fully saturated rings. The molecule has 2 aromatic rings. The van der Waals surface area contributed by atoms with E-state index in [0.717, 1.165) is 41.5 Å². The molecule has 0 atom stereocenters. The fraction of sp³-hybridized carbons (Fsp3) is 0.500. The zero-order valence-electron chi connectivity index (χ0n) is 10.3. The fourth-order valence-electron chi connectivity index (χ4n) is 2.12. The van der Waals surface area contributed by atoms with Crippen molar-refractivity contribution in [3.8, 4) is 0 Å². The summed E-state index contributed by atoms with van der Waals surface area (Å²) in [7, 11) is 1.92. The predicted octanol–water partition coefficient (Wildman–Crippen LogP) is 2.28. The number of thioether (sulfide) groups is 1. The highest BCUT2D eigenvalue weighted by molar-refractivity contribution is 7.99. The van der Waals surface area contributed by atoms with Gasteiger partial charge in [-0.1, -0.05) is 0 Å². The molecule has 96 valence electrons. The Hall–Kier alpha value is -0.850. The van der Waals surface area contributed by atoms with E-state index in [4.69, 9.17) is 0 Å². The van der Waals surface area contributed by atoms with Crippen LogP contribution in [0.4, 0.5) is 5.82 Å². The van der Waals surface area contributed by atoms with Crippen molar-refractivity contribution in [3.63, 3.8) is 0 Å². The number of fused-ring (bicyclic) bond motifs is 1. The summed E-state index contributed by atoms with van der Waals surface area (Å²) >= 11 is 3.71. The molecule has 1 saturated heterocycles. The van der Waals surface area contributed by atoms with Crippen molar-refractivity contribution in [3.05, 3.63) is 17.3 Å². The third kappa shape index (κ3) is 2.46. The summed E-state index contributed by atoms with van der Waals surface area (Å²) in [4.78, 5) is 12.8. The monoisotopic (exact) mass is 280 g/mol. The van der Waals surface area contributed by atoms with Gasteiger partial charge in [0.2, 0.25) is 0 Å². The maximum absolute atomic E-state index is 4.66. The second-order valence-corrected chi connectivity index (χ2v) is 6.39. The van der Waals surface area contributed by atoms with Crippen LogP contribution in [0.25, 0.3) is 10.2 Å². The highest BCUT2D eigenvalue weighted by atomic mass is 32.2. The minimum atomic E-state index is 0.864. The van der Waals surface area contributed by atoms with Crippen LogP contribution in [-0.2, 0) is 6.54 Å². The summed E-state index contributed by atoms with van der Waals surface area (Å²) in [5.74, 6) is 4.32. The van der Waals surface area contributed by atoms with Crippen LogP contribution in [-0.4, -0.2) is 46.5 Å². The minimum Gasteiger partial charge on any atom is -0.372 e. The van der Waals surface area contributed by atoms with Crippen molar-refractivity contribution in [1.29, 1.82) is 0 Å². The molecule has 1 aliphatic rings. The Morgan fingerprint density at radius 1 is 1.33 bits per heavy atom. The van der Waals surface area contributed by atoms with Crippen LogP contribution in [0.15, 0.2) is 11.4 Å². The fourth-order valence-corrected chi connectivity index (χ4v) is 3.88. The van der Waals surface area contributed by atoms with E-state index in [-0.39, 0.29) is 0 Å². The van der Waals surface area contributed by atoms with Gasteiger partial charge in [-0.2, -0.15) is 11.8 Å². The Bertz CT molecular complexity index is 534. The van der Waals surface area contributed by atoms with Crippen molar-refractivity contribution < 1.29 is 0 Å². The lowest BCUT2D eigenvalue weighted by molar-refractivity contribution is 0.287. The number of nitrogens with one attached hydrogen (secondary N) is 1. The Morgan fingerprint density at radius 3 is 2.94 bits per heavy atom. The summed E-state index contributed by atoms with van der Waals surface area (Å²) in [6.45, 7) is 3.15. The summed E-state index contributed by atoms with van der Waals surface area (Å²) in [6, 6.07) is 2.08. The maximum Gasteiger partial charge on any atom is 0.146 e. The number of thiophene rings is 1. The molecule has 3 heterocycles. The molecular weight excluding hydrogens is 264 g/mol. The van der Waals surface area contributed by atoms with Gasteiger partial charge in [-0.25, -0.2) is 9.97 Å². The highest BCUT2D eigenvalue weighted by Crippen LogP contribution is 2.25. The molecule has 0 aliphatic carbocycles. The Morgan fingerprint density at radius 2 is 2.17 bits per heavy atom. The smallest absolute Gasteiger partial charge is 0.146 e. The van der Waals surface area contributed by atoms with Crippen molar-refractivity contribution in [2.75, 3.05) is 37.0 Å². The standard InChI is InChI=1S/C12H16N4S2/c1-13-11-9-2-5-18-12(9)15-10(14-11)8-16-3-6-17-7-4-16/h2,5H,3-4,6-8H2,1H3,(H,13,14,15). The molecule has 18 heavy (non-hydrogen) atoms. The number of aromatic nitrogens is 2. The van der Waals surface area contributed by atoms with Gasteiger partial charge >= 0.3 is 0 Å². The average Bonchev–Trinajstić information content (AvgIpc) is 2.87. The molecule has 1 N–H and O–H groups in total. The van der Waals surface area contributed by atoms with Crippen LogP contribution in [0.3, 0.4) is 0 Å². The Balaban J connectivity index is 1.86. The molecular formula is C12H16N4S2. The number of rotatable bonds is 3. The van der Waals surface area contributed by atoms with Gasteiger partial charge in [-0.05, 0) is 11.4 Å². The predicted molar refractivity (Wildman–Crippen MR) is 79.6 cm³/mol. The topological polar surface area (TPSA) is 41.1 Å². The summed E-state index contributed by atoms with van der Waals surface area (Å²) in [6.07, 6.45) is 0. The average molecular weight is 280 g/mol. The van der Waals surface area contributed by atoms with Gasteiger partial charge in [0.1, 0.15) is 16.5 Å². The third-order valence-corrected chi connectivity index (χ3v) is 4.83. The molecule has 0 unspecified atom stereocenters. The van der Waals surface area contributed by atoms with Crippen molar-refractivity contribution in [2.24, 2.45) is 0 Å². The van der Waals surface area contributed by atoms with E-state index < -0.39 is 0 Å². The van der Waals surface area contributed by atoms with Crippen molar-refractivity contribution in [2.45, 2.75) is 6.54 Å². The second kappa shape index (κ2) is 5.42. The van der Waals surface area contributed by atoms with Crippen LogP contribution in [0.2, 0.25) is 0 Å². The van der Waals surface area contributed by atoms with Crippen LogP contribution >= 0.6 is 23.1 Å². The zero-order chi connectivity index (χ0) is 12.4. The molecule has 2 aromatic heterocycles. The van der Waals surface area contributed by atoms with Gasteiger partial charge in [-0.3, -0.25) is 4.90 Å². The Labute approximate surface area is 115 Å². The van der Waals surface area contributed by atoms with E-state index in [9.17, 15) is 0 Å². The van der Waals surface area contributed by atoms with E-state index in [1.165, 1.54) is 11.5 Å². The number of hydrogen-bond donors (Lipinski definition) is 1. The van der Waals surface area contributed by atoms with Crippen molar-refractivity contribution in [1.82, 2.24) is 14.9 Å². The van der Waals surface area contributed by atoms with Gasteiger partial charge < -0.3 is 5.32 Å². The van der Waals surface area contributed by atoms with Crippen molar-refractivity contribution >= 4 is 39.1 Å². The molecule has 0 saturated carbocycles. The zero-order valence-corrected chi connectivity index (χ0v) is 12.0. The van der Waals surface area contributed by atoms with E-state index in [1.807, 2.05) is 18.8 Å². The molecule has 1 aliphatic heterocycles. The van der Waals surface area contributed by atoms with Crippen LogP contribution in [0.1, 0.15) is 5.82 Å². The quantitative estimate of drug-likeness (QED) is 0.934. The lowest BCUT2D eigenvalue weighted by atomic mass is 10.3. The minimum absolute atomic E-state index is 0.864. The first kappa shape index (κ1) is 12.2. The molecule has 3 rings (SSSR count). The summed E-state index contributed by atoms with van der Waals surface area (Å²) in [5.41, 5.74) is 0. The van der Waals surface area contributed by atoms with E-state index in [0.29, 0.717) is 0 Å². The molecule has 0 bridgehead atoms. The first-order valence-corrected chi connectivity index (χ1v) is 8.12. The SMILES string of the molecule is CNc1nc(CN2CCSCC2)nc2sccc12. The Kier molecular flexibility index (Phi) is 3.67. The lowest BCUT2D eigenvalue weighted by Crippen LogP contribution is -2.32. The van der Waals surface area contributed by atoms with E-state index in [2.05, 4.69) is 31.6 Å². The van der Waals surface area contributed by atoms with E-state index in [1.54, 1.807) is 11.3 Å². The first-order chi connectivity index (χ1) is 8.86. The van der Waals surface area contributed by atoms with Gasteiger partial charge in [-0.15, -0.1) is 11.3 Å². The largest absolute Gasteiger partial charge is 0.372 e. The summed E-state index contributed by atoms with van der Waals surface area (Å²) in [5, 5.41) is 6.36. The number of nitrogens with zero attached hydrogens (tertiary/aromatic N) is 3. The van der Waals surface area contributed by atoms with Gasteiger partial charge in [0.05, 0.1) is 11.9 Å². The number of anilines is 1. The van der Waals surface area contributed by atoms with Gasteiger partial charge in [0.15, 0.2) is 0 Å². The molecule has 0 amide bonds. The van der Waals surface area contributed by atoms with Gasteiger partial charge in [0.25, 0.3) is 0 Å². The normalized spacial score (nSPS) is 17.2. The maximum atomic E-state index is 4.66. The number of hydrogen-bond acceptors (Lipinski definition) is 6. The molecule has 0 spiro atoms. The van der Waals surface area contributed by atoms with E-state index >= 15 is 0 Å². The van der Waals surface area contributed by atoms with Crippen LogP contribution in [0.5, 0.6) is 0 Å². The first-order valence-electron chi connectivity index (χ1n) is 6.09. The van der Waals surface area contributed by atoms with Gasteiger partial charge in [0, 0.05) is 31.6 Å². The van der Waals surface area contributed by atoms with Crippen LogP contribution < -0.4 is 5.32 Å². The molecule has 6 heteroatoms.